The van der Waals surface area contributed by atoms with E-state index in [9.17, 15) is 4.79 Å². The van der Waals surface area contributed by atoms with E-state index in [0.717, 1.165) is 33.5 Å². The van der Waals surface area contributed by atoms with Gasteiger partial charge in [0.2, 0.25) is 0 Å². The second-order valence-corrected chi connectivity index (χ2v) is 7.40. The molecule has 0 spiro atoms. The number of hydrogen-bond acceptors (Lipinski definition) is 4. The van der Waals surface area contributed by atoms with E-state index in [2.05, 4.69) is 36.5 Å². The zero-order valence-electron chi connectivity index (χ0n) is 15.7. The molecule has 7 nitrogen and oxygen atoms in total. The summed E-state index contributed by atoms with van der Waals surface area (Å²) in [6.45, 7) is 3.76. The van der Waals surface area contributed by atoms with Crippen LogP contribution in [0.2, 0.25) is 0 Å². The summed E-state index contributed by atoms with van der Waals surface area (Å²) in [6.07, 6.45) is 7.96. The second kappa shape index (κ2) is 6.30. The lowest BCUT2D eigenvalue weighted by Gasteiger charge is -2.03. The fraction of sp³-hybridized carbons (Fsp3) is 0.238. The molecule has 0 atom stereocenters. The van der Waals surface area contributed by atoms with Crippen LogP contribution in [0.5, 0.6) is 0 Å². The molecule has 0 aromatic carbocycles. The van der Waals surface area contributed by atoms with Crippen LogP contribution in [-0.2, 0) is 0 Å². The third kappa shape index (κ3) is 2.94. The van der Waals surface area contributed by atoms with Gasteiger partial charge in [-0.15, -0.1) is 0 Å². The largest absolute Gasteiger partial charge is 0.339 e. The molecule has 7 heteroatoms. The lowest BCUT2D eigenvalue weighted by Crippen LogP contribution is -2.13. The minimum absolute atomic E-state index is 0.250. The van der Waals surface area contributed by atoms with Crippen molar-refractivity contribution < 1.29 is 4.79 Å². The standard InChI is InChI=1S/C21H20N6O/c1-11-12(2)26-27-19(11)21(28)24-17-6-14-7-18(25-20(14)23-10-17)16-5-15(8-22-9-16)13-3-4-13/h5-10,13H,3-4H2,1-2H3,(H,23,25)(H,24,28)(H,26,27). The van der Waals surface area contributed by atoms with E-state index in [4.69, 9.17) is 0 Å². The van der Waals surface area contributed by atoms with Gasteiger partial charge in [0.15, 0.2) is 5.69 Å². The monoisotopic (exact) mass is 372 g/mol. The number of pyridine rings is 2. The van der Waals surface area contributed by atoms with Crippen LogP contribution in [0.3, 0.4) is 0 Å². The third-order valence-electron chi connectivity index (χ3n) is 5.32. The Bertz CT molecular complexity index is 1200. The number of amides is 1. The van der Waals surface area contributed by atoms with E-state index in [-0.39, 0.29) is 5.91 Å². The quantitative estimate of drug-likeness (QED) is 0.502. The molecule has 0 unspecified atom stereocenters. The molecular weight excluding hydrogens is 352 g/mol. The Hall–Kier alpha value is -3.48. The van der Waals surface area contributed by atoms with Crippen LogP contribution in [-0.4, -0.2) is 31.1 Å². The molecule has 1 amide bonds. The topological polar surface area (TPSA) is 99.4 Å². The van der Waals surface area contributed by atoms with Crippen molar-refractivity contribution in [3.8, 4) is 11.3 Å². The van der Waals surface area contributed by atoms with Crippen LogP contribution in [0.1, 0.15) is 46.1 Å². The van der Waals surface area contributed by atoms with Gasteiger partial charge < -0.3 is 10.3 Å². The van der Waals surface area contributed by atoms with Crippen molar-refractivity contribution in [1.82, 2.24) is 25.1 Å². The number of carbonyl (C=O) groups excluding carboxylic acids is 1. The number of anilines is 1. The Morgan fingerprint density at radius 2 is 2.00 bits per heavy atom. The first-order valence-corrected chi connectivity index (χ1v) is 9.35. The Balaban J connectivity index is 1.43. The molecule has 4 heterocycles. The molecule has 0 bridgehead atoms. The van der Waals surface area contributed by atoms with E-state index in [1.807, 2.05) is 38.4 Å². The summed E-state index contributed by atoms with van der Waals surface area (Å²) in [4.78, 5) is 24.7. The molecule has 0 saturated heterocycles. The summed E-state index contributed by atoms with van der Waals surface area (Å²) in [5, 5.41) is 10.7. The first-order chi connectivity index (χ1) is 13.6. The number of aromatic nitrogens is 5. The van der Waals surface area contributed by atoms with Gasteiger partial charge in [0.05, 0.1) is 11.9 Å². The molecule has 1 fully saturated rings. The van der Waals surface area contributed by atoms with Gasteiger partial charge >= 0.3 is 0 Å². The van der Waals surface area contributed by atoms with Gasteiger partial charge in [-0.1, -0.05) is 0 Å². The van der Waals surface area contributed by atoms with Gasteiger partial charge in [-0.25, -0.2) is 4.98 Å². The number of nitrogens with one attached hydrogen (secondary N) is 3. The molecule has 1 aliphatic carbocycles. The van der Waals surface area contributed by atoms with E-state index in [1.54, 1.807) is 6.20 Å². The summed E-state index contributed by atoms with van der Waals surface area (Å²) in [5.74, 6) is 0.408. The number of nitrogens with zero attached hydrogens (tertiary/aromatic N) is 3. The SMILES string of the molecule is Cc1[nH]nc(C(=O)Nc2cnc3[nH]c(-c4cncc(C5CC5)c4)cc3c2)c1C. The summed E-state index contributed by atoms with van der Waals surface area (Å²) in [5.41, 5.74) is 6.85. The maximum atomic E-state index is 12.5. The molecule has 3 N–H and O–H groups in total. The highest BCUT2D eigenvalue weighted by Crippen LogP contribution is 2.40. The maximum absolute atomic E-state index is 12.5. The van der Waals surface area contributed by atoms with Crippen molar-refractivity contribution in [2.75, 3.05) is 5.32 Å². The van der Waals surface area contributed by atoms with Crippen LogP contribution in [0.25, 0.3) is 22.3 Å². The Kier molecular flexibility index (Phi) is 3.75. The molecule has 0 radical (unpaired) electrons. The van der Waals surface area contributed by atoms with Crippen molar-refractivity contribution in [3.05, 3.63) is 59.3 Å². The Morgan fingerprint density at radius 3 is 2.75 bits per heavy atom. The fourth-order valence-electron chi connectivity index (χ4n) is 3.38. The normalized spacial score (nSPS) is 13.8. The summed E-state index contributed by atoms with van der Waals surface area (Å²) < 4.78 is 0. The average molecular weight is 372 g/mol. The number of fused-ring (bicyclic) bond motifs is 1. The number of hydrogen-bond donors (Lipinski definition) is 3. The Labute approximate surface area is 161 Å². The minimum Gasteiger partial charge on any atom is -0.339 e. The van der Waals surface area contributed by atoms with Crippen molar-refractivity contribution in [3.63, 3.8) is 0 Å². The van der Waals surface area contributed by atoms with Gasteiger partial charge in [-0.05, 0) is 56.4 Å². The molecule has 28 heavy (non-hydrogen) atoms. The molecule has 1 saturated carbocycles. The van der Waals surface area contributed by atoms with Gasteiger partial charge in [0.25, 0.3) is 5.91 Å². The van der Waals surface area contributed by atoms with Crippen molar-refractivity contribution >= 4 is 22.6 Å². The molecule has 0 aliphatic heterocycles. The molecular formula is C21H20N6O. The smallest absolute Gasteiger partial charge is 0.276 e. The van der Waals surface area contributed by atoms with E-state index in [0.29, 0.717) is 17.3 Å². The number of carbonyl (C=O) groups is 1. The second-order valence-electron chi connectivity index (χ2n) is 7.40. The Morgan fingerprint density at radius 1 is 1.14 bits per heavy atom. The van der Waals surface area contributed by atoms with Gasteiger partial charge in [-0.3, -0.25) is 14.9 Å². The van der Waals surface area contributed by atoms with Gasteiger partial charge in [-0.2, -0.15) is 5.10 Å². The first-order valence-electron chi connectivity index (χ1n) is 9.35. The number of aromatic amines is 2. The zero-order valence-corrected chi connectivity index (χ0v) is 15.7. The number of H-pyrrole nitrogens is 2. The van der Waals surface area contributed by atoms with Crippen molar-refractivity contribution in [2.24, 2.45) is 0 Å². The van der Waals surface area contributed by atoms with E-state index < -0.39 is 0 Å². The molecule has 1 aliphatic rings. The zero-order chi connectivity index (χ0) is 19.3. The van der Waals surface area contributed by atoms with Crippen molar-refractivity contribution in [2.45, 2.75) is 32.6 Å². The third-order valence-corrected chi connectivity index (χ3v) is 5.32. The van der Waals surface area contributed by atoms with Crippen LogP contribution < -0.4 is 5.32 Å². The first kappa shape index (κ1) is 16.7. The molecule has 4 aromatic rings. The highest BCUT2D eigenvalue weighted by molar-refractivity contribution is 6.04. The van der Waals surface area contributed by atoms with Crippen LogP contribution in [0.15, 0.2) is 36.8 Å². The summed E-state index contributed by atoms with van der Waals surface area (Å²) in [7, 11) is 0. The predicted molar refractivity (Wildman–Crippen MR) is 107 cm³/mol. The summed E-state index contributed by atoms with van der Waals surface area (Å²) in [6, 6.07) is 6.14. The van der Waals surface area contributed by atoms with E-state index >= 15 is 0 Å². The van der Waals surface area contributed by atoms with Gasteiger partial charge in [0.1, 0.15) is 5.65 Å². The minimum atomic E-state index is -0.250. The maximum Gasteiger partial charge on any atom is 0.276 e. The van der Waals surface area contributed by atoms with Crippen LogP contribution in [0, 0.1) is 13.8 Å². The lowest BCUT2D eigenvalue weighted by atomic mass is 10.1. The van der Waals surface area contributed by atoms with Crippen LogP contribution >= 0.6 is 0 Å². The highest BCUT2D eigenvalue weighted by Gasteiger charge is 2.24. The number of aryl methyl sites for hydroxylation is 1. The van der Waals surface area contributed by atoms with Crippen LogP contribution in [0.4, 0.5) is 5.69 Å². The molecule has 140 valence electrons. The molecule has 5 rings (SSSR count). The average Bonchev–Trinajstić information content (AvgIpc) is 3.38. The highest BCUT2D eigenvalue weighted by atomic mass is 16.1. The fourth-order valence-corrected chi connectivity index (χ4v) is 3.38. The van der Waals surface area contributed by atoms with E-state index in [1.165, 1.54) is 18.4 Å². The lowest BCUT2D eigenvalue weighted by molar-refractivity contribution is 0.102. The summed E-state index contributed by atoms with van der Waals surface area (Å²) >= 11 is 0. The molecule has 4 aromatic heterocycles. The van der Waals surface area contributed by atoms with Gasteiger partial charge in [0, 0.05) is 40.3 Å². The predicted octanol–water partition coefficient (Wildman–Crippen LogP) is 4.09. The van der Waals surface area contributed by atoms with Crippen molar-refractivity contribution in [1.29, 1.82) is 0 Å². The number of rotatable bonds is 4.